The molecule has 0 saturated heterocycles. The lowest BCUT2D eigenvalue weighted by molar-refractivity contribution is -0.112. The first kappa shape index (κ1) is 18.7. The first-order valence-corrected chi connectivity index (χ1v) is 8.11. The van der Waals surface area contributed by atoms with Gasteiger partial charge >= 0.3 is 0 Å². The van der Waals surface area contributed by atoms with Crippen molar-refractivity contribution in [1.29, 1.82) is 5.26 Å². The van der Waals surface area contributed by atoms with Crippen molar-refractivity contribution in [2.24, 2.45) is 5.92 Å². The van der Waals surface area contributed by atoms with Crippen molar-refractivity contribution in [2.75, 3.05) is 5.32 Å². The van der Waals surface area contributed by atoms with Gasteiger partial charge in [-0.25, -0.2) is 4.39 Å². The van der Waals surface area contributed by atoms with Crippen LogP contribution in [0.3, 0.4) is 0 Å². The molecule has 0 unspecified atom stereocenters. The number of anilines is 1. The molecule has 0 aliphatic heterocycles. The number of carbonyl (C=O) groups excluding carboxylic acids is 1. The van der Waals surface area contributed by atoms with Gasteiger partial charge in [0.25, 0.3) is 5.91 Å². The molecule has 130 valence electrons. The zero-order valence-corrected chi connectivity index (χ0v) is 14.9. The third-order valence-corrected chi connectivity index (χ3v) is 3.82. The highest BCUT2D eigenvalue weighted by atomic mass is 35.5. The molecule has 0 radical (unpaired) electrons. The van der Waals surface area contributed by atoms with Gasteiger partial charge in [-0.3, -0.25) is 9.48 Å². The molecule has 0 bridgehead atoms. The van der Waals surface area contributed by atoms with E-state index < -0.39 is 11.7 Å². The quantitative estimate of drug-likeness (QED) is 0.642. The molecule has 1 aromatic carbocycles. The van der Waals surface area contributed by atoms with Crippen molar-refractivity contribution in [2.45, 2.75) is 27.3 Å². The number of aryl methyl sites for hydroxylation is 1. The van der Waals surface area contributed by atoms with Gasteiger partial charge < -0.3 is 5.32 Å². The summed E-state index contributed by atoms with van der Waals surface area (Å²) in [6, 6.07) is 7.57. The van der Waals surface area contributed by atoms with Crippen molar-refractivity contribution in [3.8, 4) is 6.07 Å². The molecule has 0 aliphatic carbocycles. The van der Waals surface area contributed by atoms with E-state index in [1.165, 1.54) is 24.3 Å². The summed E-state index contributed by atoms with van der Waals surface area (Å²) in [5.74, 6) is -0.944. The summed E-state index contributed by atoms with van der Waals surface area (Å²) in [4.78, 5) is 12.3. The van der Waals surface area contributed by atoms with Crippen LogP contribution in [0.2, 0.25) is 5.15 Å². The third kappa shape index (κ3) is 4.46. The Labute approximate surface area is 150 Å². The van der Waals surface area contributed by atoms with Crippen LogP contribution in [0.5, 0.6) is 0 Å². The largest absolute Gasteiger partial charge is 0.319 e. The maximum absolute atomic E-state index is 13.6. The van der Waals surface area contributed by atoms with Crippen molar-refractivity contribution in [3.63, 3.8) is 0 Å². The highest BCUT2D eigenvalue weighted by Gasteiger charge is 2.17. The summed E-state index contributed by atoms with van der Waals surface area (Å²) in [6.07, 6.45) is 1.37. The van der Waals surface area contributed by atoms with Gasteiger partial charge in [-0.15, -0.1) is 0 Å². The summed E-state index contributed by atoms with van der Waals surface area (Å²) in [5.41, 5.74) is 0.934. The van der Waals surface area contributed by atoms with Crippen LogP contribution in [0, 0.1) is 30.0 Å². The second-order valence-corrected chi connectivity index (χ2v) is 6.33. The average Bonchev–Trinajstić information content (AvgIpc) is 2.80. The Morgan fingerprint density at radius 3 is 2.76 bits per heavy atom. The van der Waals surface area contributed by atoms with Crippen LogP contribution in [-0.2, 0) is 11.3 Å². The number of benzene rings is 1. The van der Waals surface area contributed by atoms with Crippen molar-refractivity contribution in [1.82, 2.24) is 9.78 Å². The van der Waals surface area contributed by atoms with Crippen LogP contribution in [-0.4, -0.2) is 15.7 Å². The molecule has 1 amide bonds. The number of para-hydroxylation sites is 1. The summed E-state index contributed by atoms with van der Waals surface area (Å²) in [5, 5.41) is 16.4. The van der Waals surface area contributed by atoms with Gasteiger partial charge in [0.15, 0.2) is 0 Å². The van der Waals surface area contributed by atoms with Gasteiger partial charge in [0.05, 0.1) is 11.4 Å². The summed E-state index contributed by atoms with van der Waals surface area (Å²) < 4.78 is 15.3. The Hall–Kier alpha value is -2.65. The van der Waals surface area contributed by atoms with Crippen molar-refractivity contribution >= 4 is 29.3 Å². The van der Waals surface area contributed by atoms with Gasteiger partial charge in [-0.1, -0.05) is 37.6 Å². The van der Waals surface area contributed by atoms with E-state index >= 15 is 0 Å². The molecule has 1 aromatic heterocycles. The second kappa shape index (κ2) is 7.95. The van der Waals surface area contributed by atoms with Gasteiger partial charge in [-0.05, 0) is 31.1 Å². The van der Waals surface area contributed by atoms with E-state index in [4.69, 9.17) is 11.6 Å². The smallest absolute Gasteiger partial charge is 0.266 e. The molecule has 1 heterocycles. The molecule has 0 aliphatic rings. The fourth-order valence-electron chi connectivity index (χ4n) is 2.24. The molecular formula is C18H18ClFN4O. The molecule has 2 rings (SSSR count). The van der Waals surface area contributed by atoms with E-state index in [0.717, 1.165) is 0 Å². The number of hydrogen-bond acceptors (Lipinski definition) is 3. The van der Waals surface area contributed by atoms with Gasteiger partial charge in [0.1, 0.15) is 22.6 Å². The van der Waals surface area contributed by atoms with E-state index in [1.807, 2.05) is 19.9 Å². The SMILES string of the molecule is Cc1nn(CC(C)C)c(Cl)c1/C=C(\C#N)C(=O)Nc1ccccc1F. The summed E-state index contributed by atoms with van der Waals surface area (Å²) in [7, 11) is 0. The summed E-state index contributed by atoms with van der Waals surface area (Å²) >= 11 is 6.32. The van der Waals surface area contributed by atoms with Crippen LogP contribution in [0.15, 0.2) is 29.8 Å². The normalized spacial score (nSPS) is 11.5. The zero-order valence-electron chi connectivity index (χ0n) is 14.2. The Morgan fingerprint density at radius 2 is 2.16 bits per heavy atom. The minimum Gasteiger partial charge on any atom is -0.319 e. The molecule has 7 heteroatoms. The first-order chi connectivity index (χ1) is 11.8. The molecule has 0 spiro atoms. The Balaban J connectivity index is 2.32. The molecule has 1 N–H and O–H groups in total. The maximum atomic E-state index is 13.6. The Kier molecular flexibility index (Phi) is 5.94. The molecule has 25 heavy (non-hydrogen) atoms. The second-order valence-electron chi connectivity index (χ2n) is 5.97. The first-order valence-electron chi connectivity index (χ1n) is 7.74. The lowest BCUT2D eigenvalue weighted by Crippen LogP contribution is -2.14. The van der Waals surface area contributed by atoms with E-state index in [0.29, 0.717) is 28.9 Å². The minimum atomic E-state index is -0.709. The van der Waals surface area contributed by atoms with Crippen LogP contribution in [0.1, 0.15) is 25.1 Å². The Bertz CT molecular complexity index is 864. The molecule has 0 atom stereocenters. The van der Waals surface area contributed by atoms with Crippen molar-refractivity contribution in [3.05, 3.63) is 52.1 Å². The number of amides is 1. The number of nitriles is 1. The number of aromatic nitrogens is 2. The molecule has 2 aromatic rings. The number of nitrogens with one attached hydrogen (secondary N) is 1. The van der Waals surface area contributed by atoms with Gasteiger partial charge in [0.2, 0.25) is 0 Å². The predicted octanol–water partition coefficient (Wildman–Crippen LogP) is 4.19. The number of nitrogens with zero attached hydrogens (tertiary/aromatic N) is 3. The van der Waals surface area contributed by atoms with E-state index in [-0.39, 0.29) is 11.3 Å². The highest BCUT2D eigenvalue weighted by Crippen LogP contribution is 2.24. The summed E-state index contributed by atoms with van der Waals surface area (Å²) in [6.45, 7) is 6.44. The van der Waals surface area contributed by atoms with E-state index in [2.05, 4.69) is 10.4 Å². The molecule has 0 fully saturated rings. The minimum absolute atomic E-state index is 0.00646. The number of rotatable bonds is 5. The molecule has 5 nitrogen and oxygen atoms in total. The van der Waals surface area contributed by atoms with Gasteiger partial charge in [-0.2, -0.15) is 10.4 Å². The maximum Gasteiger partial charge on any atom is 0.266 e. The molecular weight excluding hydrogens is 343 g/mol. The lowest BCUT2D eigenvalue weighted by atomic mass is 10.1. The van der Waals surface area contributed by atoms with Crippen LogP contribution in [0.4, 0.5) is 10.1 Å². The van der Waals surface area contributed by atoms with Crippen LogP contribution >= 0.6 is 11.6 Å². The van der Waals surface area contributed by atoms with Crippen molar-refractivity contribution < 1.29 is 9.18 Å². The fraction of sp³-hybridized carbons (Fsp3) is 0.278. The van der Waals surface area contributed by atoms with Gasteiger partial charge in [0, 0.05) is 12.1 Å². The lowest BCUT2D eigenvalue weighted by Gasteiger charge is -2.06. The Morgan fingerprint density at radius 1 is 1.48 bits per heavy atom. The average molecular weight is 361 g/mol. The predicted molar refractivity (Wildman–Crippen MR) is 95.4 cm³/mol. The topological polar surface area (TPSA) is 70.7 Å². The van der Waals surface area contributed by atoms with Crippen LogP contribution in [0.25, 0.3) is 6.08 Å². The highest BCUT2D eigenvalue weighted by molar-refractivity contribution is 6.31. The molecule has 0 saturated carbocycles. The van der Waals surface area contributed by atoms with E-state index in [9.17, 15) is 14.4 Å². The number of carbonyl (C=O) groups is 1. The third-order valence-electron chi connectivity index (χ3n) is 3.42. The van der Waals surface area contributed by atoms with E-state index in [1.54, 1.807) is 17.7 Å². The number of hydrogen-bond donors (Lipinski definition) is 1. The zero-order chi connectivity index (χ0) is 18.6. The standard InChI is InChI=1S/C18H18ClFN4O/c1-11(2)10-24-17(19)14(12(3)23-24)8-13(9-21)18(25)22-16-7-5-4-6-15(16)20/h4-8,11H,10H2,1-3H3,(H,22,25)/b13-8+. The number of halogens is 2. The fourth-order valence-corrected chi connectivity index (χ4v) is 2.54. The van der Waals surface area contributed by atoms with Crippen LogP contribution < -0.4 is 5.32 Å². The monoisotopic (exact) mass is 360 g/mol.